The average molecular weight is 202 g/mol. The van der Waals surface area contributed by atoms with Gasteiger partial charge in [0.05, 0.1) is 6.10 Å². The van der Waals surface area contributed by atoms with Crippen LogP contribution in [0.4, 0.5) is 0 Å². The van der Waals surface area contributed by atoms with Crippen LogP contribution < -0.4 is 0 Å². The first-order valence-electron chi connectivity index (χ1n) is 4.79. The van der Waals surface area contributed by atoms with Gasteiger partial charge in [-0.2, -0.15) is 0 Å². The van der Waals surface area contributed by atoms with Crippen LogP contribution in [0, 0.1) is 0 Å². The van der Waals surface area contributed by atoms with Gasteiger partial charge in [0.2, 0.25) is 0 Å². The van der Waals surface area contributed by atoms with Crippen molar-refractivity contribution in [2.75, 3.05) is 0 Å². The molecule has 0 aromatic carbocycles. The van der Waals surface area contributed by atoms with Crippen molar-refractivity contribution in [2.24, 2.45) is 0 Å². The van der Waals surface area contributed by atoms with E-state index in [4.69, 9.17) is 14.9 Å². The Balaban J connectivity index is 3.93. The molecule has 2 unspecified atom stereocenters. The number of aliphatic carboxylic acids is 1. The SMILES string of the molecule is C=CCC(CCCC)OC(O)C(=O)O. The van der Waals surface area contributed by atoms with Crippen molar-refractivity contribution in [2.45, 2.75) is 45.0 Å². The summed E-state index contributed by atoms with van der Waals surface area (Å²) in [6.45, 7) is 5.59. The van der Waals surface area contributed by atoms with Gasteiger partial charge in [-0.25, -0.2) is 4.79 Å². The van der Waals surface area contributed by atoms with Gasteiger partial charge < -0.3 is 14.9 Å². The highest BCUT2D eigenvalue weighted by atomic mass is 16.6. The Morgan fingerprint density at radius 1 is 1.64 bits per heavy atom. The zero-order valence-corrected chi connectivity index (χ0v) is 8.48. The number of hydrogen-bond acceptors (Lipinski definition) is 3. The molecule has 0 spiro atoms. The topological polar surface area (TPSA) is 66.8 Å². The Kier molecular flexibility index (Phi) is 7.06. The number of hydrogen-bond donors (Lipinski definition) is 2. The van der Waals surface area contributed by atoms with E-state index < -0.39 is 12.3 Å². The molecule has 0 aromatic heterocycles. The van der Waals surface area contributed by atoms with Gasteiger partial charge in [-0.3, -0.25) is 0 Å². The maximum atomic E-state index is 10.3. The van der Waals surface area contributed by atoms with Crippen LogP contribution in [-0.2, 0) is 9.53 Å². The average Bonchev–Trinajstić information content (AvgIpc) is 2.14. The Morgan fingerprint density at radius 2 is 2.29 bits per heavy atom. The lowest BCUT2D eigenvalue weighted by atomic mass is 10.1. The fourth-order valence-corrected chi connectivity index (χ4v) is 1.10. The molecule has 0 fully saturated rings. The standard InChI is InChI=1S/C10H18O4/c1-3-5-7-8(6-4-2)14-10(13)9(11)12/h4,8,10,13H,2-3,5-7H2,1H3,(H,11,12). The number of rotatable bonds is 8. The molecule has 4 heteroatoms. The normalized spacial score (nSPS) is 14.7. The minimum Gasteiger partial charge on any atom is -0.477 e. The maximum Gasteiger partial charge on any atom is 0.360 e. The number of ether oxygens (including phenoxy) is 1. The molecule has 0 bridgehead atoms. The highest BCUT2D eigenvalue weighted by Gasteiger charge is 2.18. The van der Waals surface area contributed by atoms with Gasteiger partial charge in [-0.1, -0.05) is 25.8 Å². The number of carboxylic acids is 1. The van der Waals surface area contributed by atoms with Crippen LogP contribution in [0.1, 0.15) is 32.6 Å². The lowest BCUT2D eigenvalue weighted by Gasteiger charge is -2.17. The first-order chi connectivity index (χ1) is 6.61. The predicted molar refractivity (Wildman–Crippen MR) is 52.9 cm³/mol. The van der Waals surface area contributed by atoms with E-state index in [1.807, 2.05) is 6.92 Å². The molecule has 0 aliphatic carbocycles. The molecule has 14 heavy (non-hydrogen) atoms. The number of aliphatic hydroxyl groups is 1. The molecule has 0 saturated heterocycles. The van der Waals surface area contributed by atoms with Crippen molar-refractivity contribution in [3.05, 3.63) is 12.7 Å². The second-order valence-electron chi connectivity index (χ2n) is 3.12. The third kappa shape index (κ3) is 5.72. The first kappa shape index (κ1) is 13.1. The van der Waals surface area contributed by atoms with E-state index in [2.05, 4.69) is 6.58 Å². The van der Waals surface area contributed by atoms with Crippen LogP contribution in [0.2, 0.25) is 0 Å². The molecule has 0 aliphatic rings. The summed E-state index contributed by atoms with van der Waals surface area (Å²) in [6.07, 6.45) is 2.95. The largest absolute Gasteiger partial charge is 0.477 e. The number of aliphatic hydroxyl groups excluding tert-OH is 1. The predicted octanol–water partition coefficient (Wildman–Crippen LogP) is 1.54. The molecule has 0 rings (SSSR count). The molecular weight excluding hydrogens is 184 g/mol. The zero-order valence-electron chi connectivity index (χ0n) is 8.48. The molecule has 0 aliphatic heterocycles. The lowest BCUT2D eigenvalue weighted by Crippen LogP contribution is -2.28. The van der Waals surface area contributed by atoms with Crippen molar-refractivity contribution in [1.82, 2.24) is 0 Å². The smallest absolute Gasteiger partial charge is 0.360 e. The summed E-state index contributed by atoms with van der Waals surface area (Å²) in [5.74, 6) is -1.35. The minimum atomic E-state index is -1.73. The van der Waals surface area contributed by atoms with Gasteiger partial charge in [-0.15, -0.1) is 6.58 Å². The zero-order chi connectivity index (χ0) is 11.0. The van der Waals surface area contributed by atoms with Gasteiger partial charge in [0.1, 0.15) is 0 Å². The van der Waals surface area contributed by atoms with Gasteiger partial charge in [0.25, 0.3) is 6.29 Å². The molecule has 0 amide bonds. The fraction of sp³-hybridized carbons (Fsp3) is 0.700. The van der Waals surface area contributed by atoms with Crippen LogP contribution in [-0.4, -0.2) is 28.6 Å². The van der Waals surface area contributed by atoms with Crippen molar-refractivity contribution < 1.29 is 19.7 Å². The van der Waals surface area contributed by atoms with Crippen LogP contribution in [0.15, 0.2) is 12.7 Å². The lowest BCUT2D eigenvalue weighted by molar-refractivity contribution is -0.186. The second-order valence-corrected chi connectivity index (χ2v) is 3.12. The van der Waals surface area contributed by atoms with E-state index in [-0.39, 0.29) is 6.10 Å². The number of unbranched alkanes of at least 4 members (excludes halogenated alkanes) is 1. The Bertz CT molecular complexity index is 179. The van der Waals surface area contributed by atoms with E-state index in [0.717, 1.165) is 19.3 Å². The van der Waals surface area contributed by atoms with E-state index in [0.29, 0.717) is 6.42 Å². The van der Waals surface area contributed by atoms with Crippen molar-refractivity contribution >= 4 is 5.97 Å². The van der Waals surface area contributed by atoms with Gasteiger partial charge in [0, 0.05) is 0 Å². The highest BCUT2D eigenvalue weighted by Crippen LogP contribution is 2.11. The summed E-state index contributed by atoms with van der Waals surface area (Å²) in [7, 11) is 0. The third-order valence-corrected chi connectivity index (χ3v) is 1.84. The minimum absolute atomic E-state index is 0.251. The van der Waals surface area contributed by atoms with Gasteiger partial charge in [-0.05, 0) is 12.8 Å². The Morgan fingerprint density at radius 3 is 2.71 bits per heavy atom. The van der Waals surface area contributed by atoms with Crippen LogP contribution >= 0.6 is 0 Å². The number of carbonyl (C=O) groups is 1. The summed E-state index contributed by atoms with van der Waals surface area (Å²) in [5, 5.41) is 17.4. The summed E-state index contributed by atoms with van der Waals surface area (Å²) < 4.78 is 4.94. The van der Waals surface area contributed by atoms with Gasteiger partial charge in [0.15, 0.2) is 0 Å². The molecule has 0 aromatic rings. The molecule has 82 valence electrons. The van der Waals surface area contributed by atoms with E-state index in [9.17, 15) is 4.79 Å². The van der Waals surface area contributed by atoms with Crippen molar-refractivity contribution in [1.29, 1.82) is 0 Å². The van der Waals surface area contributed by atoms with E-state index in [1.165, 1.54) is 0 Å². The van der Waals surface area contributed by atoms with Gasteiger partial charge >= 0.3 is 5.97 Å². The molecule has 0 radical (unpaired) electrons. The fourth-order valence-electron chi connectivity index (χ4n) is 1.10. The Labute approximate surface area is 84.2 Å². The summed E-state index contributed by atoms with van der Waals surface area (Å²) in [6, 6.07) is 0. The van der Waals surface area contributed by atoms with E-state index in [1.54, 1.807) is 6.08 Å². The monoisotopic (exact) mass is 202 g/mol. The number of carboxylic acid groups (broad SMARTS) is 1. The summed E-state index contributed by atoms with van der Waals surface area (Å²) in [5.41, 5.74) is 0. The first-order valence-corrected chi connectivity index (χ1v) is 4.79. The van der Waals surface area contributed by atoms with Crippen LogP contribution in [0.5, 0.6) is 0 Å². The molecule has 0 saturated carbocycles. The van der Waals surface area contributed by atoms with Crippen molar-refractivity contribution in [3.8, 4) is 0 Å². The highest BCUT2D eigenvalue weighted by molar-refractivity contribution is 5.70. The Hall–Kier alpha value is -0.870. The molecule has 2 N–H and O–H groups in total. The second kappa shape index (κ2) is 7.53. The molecule has 0 heterocycles. The van der Waals surface area contributed by atoms with Crippen molar-refractivity contribution in [3.63, 3.8) is 0 Å². The van der Waals surface area contributed by atoms with Crippen LogP contribution in [0.25, 0.3) is 0 Å². The third-order valence-electron chi connectivity index (χ3n) is 1.84. The quantitative estimate of drug-likeness (QED) is 0.463. The van der Waals surface area contributed by atoms with Crippen LogP contribution in [0.3, 0.4) is 0 Å². The summed E-state index contributed by atoms with van der Waals surface area (Å²) in [4.78, 5) is 10.3. The maximum absolute atomic E-state index is 10.3. The molecule has 2 atom stereocenters. The molecular formula is C10H18O4. The molecule has 4 nitrogen and oxygen atoms in total. The van der Waals surface area contributed by atoms with E-state index >= 15 is 0 Å². The summed E-state index contributed by atoms with van der Waals surface area (Å²) >= 11 is 0.